The van der Waals surface area contributed by atoms with Crippen LogP contribution >= 0.6 is 0 Å². The van der Waals surface area contributed by atoms with Crippen molar-refractivity contribution in [2.75, 3.05) is 33.8 Å². The molecule has 0 aromatic heterocycles. The summed E-state index contributed by atoms with van der Waals surface area (Å²) in [6, 6.07) is 7.34. The maximum Gasteiger partial charge on any atom is 0.251 e. The van der Waals surface area contributed by atoms with E-state index < -0.39 is 0 Å². The average Bonchev–Trinajstić information content (AvgIpc) is 2.44. The zero-order valence-corrected chi connectivity index (χ0v) is 14.6. The smallest absolute Gasteiger partial charge is 0.251 e. The predicted molar refractivity (Wildman–Crippen MR) is 91.5 cm³/mol. The molecule has 0 bridgehead atoms. The summed E-state index contributed by atoms with van der Waals surface area (Å²) in [6.07, 6.45) is 2.16. The number of nitrogens with zero attached hydrogens (tertiary/aromatic N) is 1. The largest absolute Gasteiger partial charge is 0.494 e. The number of carbonyl (C=O) groups excluding carboxylic acids is 1. The Labute approximate surface area is 134 Å². The topological polar surface area (TPSA) is 41.6 Å². The number of nitrogens with one attached hydrogen (secondary N) is 1. The van der Waals surface area contributed by atoms with Crippen molar-refractivity contribution in [3.8, 4) is 5.75 Å². The highest BCUT2D eigenvalue weighted by Gasteiger charge is 2.20. The van der Waals surface area contributed by atoms with Crippen molar-refractivity contribution in [2.45, 2.75) is 33.6 Å². The Morgan fingerprint density at radius 1 is 1.23 bits per heavy atom. The standard InChI is InChI=1S/C18H30N2O2/c1-6-7-12-22-16-10-8-15(9-11-16)17(21)19-13-18(2,3)14-20(4)5/h8-11H,6-7,12-14H2,1-5H3,(H,19,21). The third kappa shape index (κ3) is 6.94. The van der Waals surface area contributed by atoms with Gasteiger partial charge >= 0.3 is 0 Å². The van der Waals surface area contributed by atoms with Gasteiger partial charge in [-0.1, -0.05) is 27.2 Å². The molecule has 0 saturated heterocycles. The third-order valence-corrected chi connectivity index (χ3v) is 3.35. The fourth-order valence-corrected chi connectivity index (χ4v) is 2.37. The van der Waals surface area contributed by atoms with Crippen LogP contribution < -0.4 is 10.1 Å². The number of rotatable bonds is 9. The number of benzene rings is 1. The summed E-state index contributed by atoms with van der Waals surface area (Å²) < 4.78 is 5.60. The van der Waals surface area contributed by atoms with Gasteiger partial charge in [0.25, 0.3) is 5.91 Å². The minimum absolute atomic E-state index is 0.0352. The Bertz CT molecular complexity index is 453. The van der Waals surface area contributed by atoms with Gasteiger partial charge < -0.3 is 15.0 Å². The van der Waals surface area contributed by atoms with Crippen LogP contribution in [0.5, 0.6) is 5.75 Å². The van der Waals surface area contributed by atoms with Gasteiger partial charge in [-0.25, -0.2) is 0 Å². The van der Waals surface area contributed by atoms with Crippen molar-refractivity contribution in [3.63, 3.8) is 0 Å². The molecule has 0 radical (unpaired) electrons. The van der Waals surface area contributed by atoms with Crippen molar-refractivity contribution in [2.24, 2.45) is 5.41 Å². The molecule has 1 amide bonds. The van der Waals surface area contributed by atoms with Crippen molar-refractivity contribution >= 4 is 5.91 Å². The van der Waals surface area contributed by atoms with E-state index in [1.165, 1.54) is 0 Å². The average molecular weight is 306 g/mol. The molecule has 0 unspecified atom stereocenters. The predicted octanol–water partition coefficient (Wildman–Crippen LogP) is 3.18. The fraction of sp³-hybridized carbons (Fsp3) is 0.611. The van der Waals surface area contributed by atoms with Gasteiger partial charge in [-0.3, -0.25) is 4.79 Å². The first kappa shape index (κ1) is 18.5. The number of carbonyl (C=O) groups is 1. The van der Waals surface area contributed by atoms with Crippen LogP contribution in [0.25, 0.3) is 0 Å². The molecular formula is C18H30N2O2. The number of ether oxygens (including phenoxy) is 1. The second-order valence-electron chi connectivity index (χ2n) is 6.81. The van der Waals surface area contributed by atoms with E-state index in [0.29, 0.717) is 12.1 Å². The molecule has 0 fully saturated rings. The van der Waals surface area contributed by atoms with Crippen LogP contribution in [0.2, 0.25) is 0 Å². The van der Waals surface area contributed by atoms with Gasteiger partial charge in [-0.2, -0.15) is 0 Å². The van der Waals surface area contributed by atoms with Gasteiger partial charge in [0.2, 0.25) is 0 Å². The van der Waals surface area contributed by atoms with Gasteiger partial charge in [0, 0.05) is 18.7 Å². The first-order chi connectivity index (χ1) is 10.3. The van der Waals surface area contributed by atoms with Crippen molar-refractivity contribution in [3.05, 3.63) is 29.8 Å². The highest BCUT2D eigenvalue weighted by atomic mass is 16.5. The second-order valence-corrected chi connectivity index (χ2v) is 6.81. The van der Waals surface area contributed by atoms with E-state index in [2.05, 4.69) is 31.0 Å². The van der Waals surface area contributed by atoms with Crippen LogP contribution in [0.4, 0.5) is 0 Å². The molecule has 0 saturated carbocycles. The summed E-state index contributed by atoms with van der Waals surface area (Å²) in [4.78, 5) is 14.3. The van der Waals surface area contributed by atoms with E-state index in [1.807, 2.05) is 38.4 Å². The molecule has 1 rings (SSSR count). The molecule has 124 valence electrons. The SMILES string of the molecule is CCCCOc1ccc(C(=O)NCC(C)(C)CN(C)C)cc1. The number of hydrogen-bond acceptors (Lipinski definition) is 3. The lowest BCUT2D eigenvalue weighted by Crippen LogP contribution is -2.39. The van der Waals surface area contributed by atoms with E-state index in [0.717, 1.165) is 31.7 Å². The molecule has 0 aliphatic rings. The van der Waals surface area contributed by atoms with Crippen LogP contribution in [-0.2, 0) is 0 Å². The first-order valence-corrected chi connectivity index (χ1v) is 8.00. The molecule has 0 aliphatic heterocycles. The summed E-state index contributed by atoms with van der Waals surface area (Å²) in [5.41, 5.74) is 0.714. The third-order valence-electron chi connectivity index (χ3n) is 3.35. The van der Waals surface area contributed by atoms with Crippen molar-refractivity contribution in [1.82, 2.24) is 10.2 Å². The molecular weight excluding hydrogens is 276 g/mol. The van der Waals surface area contributed by atoms with Gasteiger partial charge in [0.1, 0.15) is 5.75 Å². The molecule has 4 nitrogen and oxygen atoms in total. The Morgan fingerprint density at radius 3 is 2.41 bits per heavy atom. The minimum atomic E-state index is -0.0352. The summed E-state index contributed by atoms with van der Waals surface area (Å²) in [7, 11) is 4.08. The fourth-order valence-electron chi connectivity index (χ4n) is 2.37. The van der Waals surface area contributed by atoms with Gasteiger partial charge in [-0.15, -0.1) is 0 Å². The molecule has 22 heavy (non-hydrogen) atoms. The summed E-state index contributed by atoms with van der Waals surface area (Å²) >= 11 is 0. The van der Waals surface area contributed by atoms with E-state index in [9.17, 15) is 4.79 Å². The van der Waals surface area contributed by atoms with Gasteiger partial charge in [0.05, 0.1) is 6.61 Å². The Morgan fingerprint density at radius 2 is 1.86 bits per heavy atom. The monoisotopic (exact) mass is 306 g/mol. The van der Waals surface area contributed by atoms with Crippen molar-refractivity contribution in [1.29, 1.82) is 0 Å². The normalized spacial score (nSPS) is 11.5. The summed E-state index contributed by atoms with van der Waals surface area (Å²) in [6.45, 7) is 8.74. The lowest BCUT2D eigenvalue weighted by Gasteiger charge is -2.28. The second kappa shape index (κ2) is 8.79. The number of hydrogen-bond donors (Lipinski definition) is 1. The molecule has 4 heteroatoms. The molecule has 0 spiro atoms. The Hall–Kier alpha value is -1.55. The molecule has 1 aromatic rings. The van der Waals surface area contributed by atoms with Crippen LogP contribution in [0.1, 0.15) is 44.0 Å². The van der Waals surface area contributed by atoms with Gasteiger partial charge in [-0.05, 0) is 50.2 Å². The summed E-state index contributed by atoms with van der Waals surface area (Å²) in [5.74, 6) is 0.782. The van der Waals surface area contributed by atoms with E-state index >= 15 is 0 Å². The zero-order valence-electron chi connectivity index (χ0n) is 14.6. The van der Waals surface area contributed by atoms with Crippen molar-refractivity contribution < 1.29 is 9.53 Å². The number of unbranched alkanes of at least 4 members (excludes halogenated alkanes) is 1. The quantitative estimate of drug-likeness (QED) is 0.712. The van der Waals surface area contributed by atoms with Crippen LogP contribution in [0, 0.1) is 5.41 Å². The van der Waals surface area contributed by atoms with Crippen LogP contribution in [-0.4, -0.2) is 44.6 Å². The molecule has 0 atom stereocenters. The van der Waals surface area contributed by atoms with Crippen LogP contribution in [0.15, 0.2) is 24.3 Å². The van der Waals surface area contributed by atoms with E-state index in [4.69, 9.17) is 4.74 Å². The lowest BCUT2D eigenvalue weighted by molar-refractivity contribution is 0.0929. The molecule has 1 N–H and O–H groups in total. The highest BCUT2D eigenvalue weighted by Crippen LogP contribution is 2.16. The zero-order chi connectivity index (χ0) is 16.6. The first-order valence-electron chi connectivity index (χ1n) is 8.00. The van der Waals surface area contributed by atoms with Crippen LogP contribution in [0.3, 0.4) is 0 Å². The highest BCUT2D eigenvalue weighted by molar-refractivity contribution is 5.94. The minimum Gasteiger partial charge on any atom is -0.494 e. The maximum absolute atomic E-state index is 12.2. The molecule has 0 heterocycles. The maximum atomic E-state index is 12.2. The Kier molecular flexibility index (Phi) is 7.39. The lowest BCUT2D eigenvalue weighted by atomic mass is 9.93. The molecule has 0 aliphatic carbocycles. The summed E-state index contributed by atoms with van der Waals surface area (Å²) in [5, 5.41) is 3.01. The molecule has 1 aromatic carbocycles. The van der Waals surface area contributed by atoms with E-state index in [1.54, 1.807) is 0 Å². The van der Waals surface area contributed by atoms with Gasteiger partial charge in [0.15, 0.2) is 0 Å². The Balaban J connectivity index is 2.48. The van der Waals surface area contributed by atoms with E-state index in [-0.39, 0.29) is 11.3 Å². The number of amides is 1.